The minimum atomic E-state index is -1.55. The highest BCUT2D eigenvalue weighted by Gasteiger charge is 2.62. The van der Waals surface area contributed by atoms with E-state index in [1.807, 2.05) is 13.0 Å². The maximum atomic E-state index is 14.1. The largest absolute Gasteiger partial charge is 0.367 e. The molecule has 5 rings (SSSR count). The molecule has 1 N–H and O–H groups in total. The summed E-state index contributed by atoms with van der Waals surface area (Å²) in [5.74, 6) is -1.20. The van der Waals surface area contributed by atoms with Crippen molar-refractivity contribution in [2.45, 2.75) is 45.1 Å². The van der Waals surface area contributed by atoms with Gasteiger partial charge in [0, 0.05) is 30.8 Å². The maximum absolute atomic E-state index is 14.1. The van der Waals surface area contributed by atoms with Gasteiger partial charge in [-0.05, 0) is 49.1 Å². The summed E-state index contributed by atoms with van der Waals surface area (Å²) in [5.41, 5.74) is 1.02. The molecule has 3 heterocycles. The second kappa shape index (κ2) is 7.68. The average Bonchev–Trinajstić information content (AvgIpc) is 3.04. The van der Waals surface area contributed by atoms with Crippen LogP contribution in [0.4, 0.5) is 21.9 Å². The van der Waals surface area contributed by atoms with Crippen molar-refractivity contribution in [3.05, 3.63) is 63.7 Å². The van der Waals surface area contributed by atoms with Crippen molar-refractivity contribution < 1.29 is 19.3 Å². The molecule has 2 fully saturated rings. The molecule has 4 amide bonds. The fraction of sp³-hybridized carbons (Fsp3) is 0.375. The van der Waals surface area contributed by atoms with E-state index in [0.717, 1.165) is 35.4 Å². The number of imide groups is 2. The molecule has 2 atom stereocenters. The Bertz CT molecular complexity index is 1200. The molecule has 170 valence electrons. The smallest absolute Gasteiger partial charge is 0.335 e. The van der Waals surface area contributed by atoms with Crippen molar-refractivity contribution in [1.29, 1.82) is 0 Å². The summed E-state index contributed by atoms with van der Waals surface area (Å²) < 4.78 is 0. The van der Waals surface area contributed by atoms with E-state index in [2.05, 4.69) is 10.2 Å². The van der Waals surface area contributed by atoms with Gasteiger partial charge in [0.2, 0.25) is 5.91 Å². The first-order valence-electron chi connectivity index (χ1n) is 11.1. The molecule has 2 saturated heterocycles. The van der Waals surface area contributed by atoms with Crippen LogP contribution in [0.25, 0.3) is 0 Å². The lowest BCUT2D eigenvalue weighted by atomic mass is 9.67. The van der Waals surface area contributed by atoms with Gasteiger partial charge in [0.1, 0.15) is 0 Å². The summed E-state index contributed by atoms with van der Waals surface area (Å²) in [4.78, 5) is 54.5. The Labute approximate surface area is 190 Å². The van der Waals surface area contributed by atoms with E-state index in [1.165, 1.54) is 12.1 Å². The third kappa shape index (κ3) is 3.18. The van der Waals surface area contributed by atoms with Crippen molar-refractivity contribution in [2.24, 2.45) is 5.41 Å². The third-order valence-electron chi connectivity index (χ3n) is 7.05. The molecule has 3 aliphatic heterocycles. The molecule has 1 spiro atoms. The van der Waals surface area contributed by atoms with Crippen molar-refractivity contribution in [3.63, 3.8) is 0 Å². The number of urea groups is 1. The van der Waals surface area contributed by atoms with Gasteiger partial charge < -0.3 is 4.90 Å². The second-order valence-electron chi connectivity index (χ2n) is 9.02. The number of fused-ring (bicyclic) bond motifs is 4. The number of non-ortho nitro benzene ring substituents is 1. The minimum absolute atomic E-state index is 0.00540. The van der Waals surface area contributed by atoms with Crippen molar-refractivity contribution in [3.8, 4) is 0 Å². The Kier molecular flexibility index (Phi) is 4.92. The minimum Gasteiger partial charge on any atom is -0.367 e. The van der Waals surface area contributed by atoms with E-state index in [9.17, 15) is 24.5 Å². The summed E-state index contributed by atoms with van der Waals surface area (Å²) in [6.07, 6.45) is 3.32. The van der Waals surface area contributed by atoms with Crippen LogP contribution in [0.2, 0.25) is 0 Å². The zero-order chi connectivity index (χ0) is 23.3. The van der Waals surface area contributed by atoms with E-state index in [-0.39, 0.29) is 12.1 Å². The molecule has 0 saturated carbocycles. The number of benzene rings is 2. The van der Waals surface area contributed by atoms with E-state index in [0.29, 0.717) is 24.2 Å². The number of nitrogens with zero attached hydrogens (tertiary/aromatic N) is 3. The average molecular weight is 448 g/mol. The molecular weight excluding hydrogens is 424 g/mol. The van der Waals surface area contributed by atoms with Crippen LogP contribution in [0, 0.1) is 22.5 Å². The maximum Gasteiger partial charge on any atom is 0.335 e. The normalized spacial score (nSPS) is 24.8. The van der Waals surface area contributed by atoms with Crippen LogP contribution in [0.1, 0.15) is 36.8 Å². The molecule has 9 heteroatoms. The lowest BCUT2D eigenvalue weighted by Crippen LogP contribution is -2.72. The molecule has 0 bridgehead atoms. The monoisotopic (exact) mass is 448 g/mol. The van der Waals surface area contributed by atoms with Gasteiger partial charge in [-0.15, -0.1) is 0 Å². The Morgan fingerprint density at radius 3 is 2.67 bits per heavy atom. The van der Waals surface area contributed by atoms with E-state index in [1.54, 1.807) is 24.3 Å². The molecule has 2 aromatic carbocycles. The van der Waals surface area contributed by atoms with Crippen molar-refractivity contribution in [2.75, 3.05) is 16.3 Å². The van der Waals surface area contributed by atoms with E-state index < -0.39 is 34.2 Å². The van der Waals surface area contributed by atoms with Gasteiger partial charge in [0.25, 0.3) is 11.6 Å². The molecule has 0 aliphatic carbocycles. The summed E-state index contributed by atoms with van der Waals surface area (Å²) in [5, 5.41) is 13.9. The molecule has 3 aliphatic rings. The first-order chi connectivity index (χ1) is 15.8. The van der Waals surface area contributed by atoms with Crippen LogP contribution in [-0.4, -0.2) is 35.4 Å². The molecule has 0 aromatic heterocycles. The van der Waals surface area contributed by atoms with Crippen LogP contribution in [-0.2, 0) is 16.0 Å². The van der Waals surface area contributed by atoms with Crippen LogP contribution >= 0.6 is 0 Å². The Balaban J connectivity index is 1.69. The van der Waals surface area contributed by atoms with Gasteiger partial charge in [0.05, 0.1) is 16.7 Å². The molecular formula is C24H24N4O5. The SMILES string of the molecule is Cc1cccc(N2C(=O)NC(=O)[C@@]3(Cc4cc([N+](=O)[O-])ccc4N4CCCCC[C@@H]43)C2=O)c1. The molecule has 0 radical (unpaired) electrons. The number of carbonyl (C=O) groups is 3. The highest BCUT2D eigenvalue weighted by atomic mass is 16.6. The number of rotatable bonds is 2. The number of nitro benzene ring substituents is 1. The molecule has 9 nitrogen and oxygen atoms in total. The van der Waals surface area contributed by atoms with Crippen LogP contribution in [0.15, 0.2) is 42.5 Å². The van der Waals surface area contributed by atoms with Crippen molar-refractivity contribution in [1.82, 2.24) is 5.32 Å². The summed E-state index contributed by atoms with van der Waals surface area (Å²) in [6, 6.07) is 10.4. The van der Waals surface area contributed by atoms with E-state index >= 15 is 0 Å². The highest BCUT2D eigenvalue weighted by molar-refractivity contribution is 6.30. The summed E-state index contributed by atoms with van der Waals surface area (Å²) in [7, 11) is 0. The fourth-order valence-electron chi connectivity index (χ4n) is 5.54. The van der Waals surface area contributed by atoms with Gasteiger partial charge in [-0.3, -0.25) is 25.0 Å². The first-order valence-corrected chi connectivity index (χ1v) is 11.1. The van der Waals surface area contributed by atoms with Gasteiger partial charge in [-0.2, -0.15) is 0 Å². The zero-order valence-corrected chi connectivity index (χ0v) is 18.2. The highest BCUT2D eigenvalue weighted by Crippen LogP contribution is 2.48. The van der Waals surface area contributed by atoms with Gasteiger partial charge >= 0.3 is 6.03 Å². The second-order valence-corrected chi connectivity index (χ2v) is 9.02. The van der Waals surface area contributed by atoms with Crippen LogP contribution in [0.5, 0.6) is 0 Å². The van der Waals surface area contributed by atoms with Crippen LogP contribution < -0.4 is 15.1 Å². The predicted octanol–water partition coefficient (Wildman–Crippen LogP) is 3.48. The topological polar surface area (TPSA) is 113 Å². The third-order valence-corrected chi connectivity index (χ3v) is 7.05. The predicted molar refractivity (Wildman–Crippen MR) is 121 cm³/mol. The van der Waals surface area contributed by atoms with E-state index in [4.69, 9.17) is 0 Å². The number of amides is 4. The lowest BCUT2D eigenvalue weighted by Gasteiger charge is -2.51. The number of barbiturate groups is 1. The number of nitrogens with one attached hydrogen (secondary N) is 1. The number of hydrogen-bond donors (Lipinski definition) is 1. The van der Waals surface area contributed by atoms with Crippen LogP contribution in [0.3, 0.4) is 0 Å². The van der Waals surface area contributed by atoms with Gasteiger partial charge in [-0.25, -0.2) is 9.69 Å². The summed E-state index contributed by atoms with van der Waals surface area (Å²) in [6.45, 7) is 2.50. The first kappa shape index (κ1) is 21.1. The number of nitro groups is 1. The number of anilines is 2. The number of carbonyl (C=O) groups excluding carboxylic acids is 3. The standard InChI is InChI=1S/C24H24N4O5/c1-15-6-5-7-17(12-15)27-22(30)24(21(29)25-23(27)31)14-16-13-18(28(32)33)9-10-19(16)26-11-4-2-3-8-20(24)26/h5-7,9-10,12-13,20H,2-4,8,11,14H2,1H3,(H,25,29,31)/t20-,24+/m1/s1. The quantitative estimate of drug-likeness (QED) is 0.428. The molecule has 2 aromatic rings. The molecule has 33 heavy (non-hydrogen) atoms. The lowest BCUT2D eigenvalue weighted by molar-refractivity contribution is -0.384. The Morgan fingerprint density at radius 2 is 1.91 bits per heavy atom. The Hall–Kier alpha value is -3.75. The summed E-state index contributed by atoms with van der Waals surface area (Å²) >= 11 is 0. The van der Waals surface area contributed by atoms with Crippen molar-refractivity contribution >= 4 is 34.9 Å². The molecule has 0 unspecified atom stereocenters. The Morgan fingerprint density at radius 1 is 1.09 bits per heavy atom. The van der Waals surface area contributed by atoms with Gasteiger partial charge in [-0.1, -0.05) is 25.0 Å². The number of aryl methyl sites for hydroxylation is 1. The fourth-order valence-corrected chi connectivity index (χ4v) is 5.54. The zero-order valence-electron chi connectivity index (χ0n) is 18.2. The number of hydrogen-bond acceptors (Lipinski definition) is 6. The van der Waals surface area contributed by atoms with Gasteiger partial charge in [0.15, 0.2) is 5.41 Å².